The zero-order valence-electron chi connectivity index (χ0n) is 23.9. The predicted octanol–water partition coefficient (Wildman–Crippen LogP) is 8.18. The summed E-state index contributed by atoms with van der Waals surface area (Å²) in [4.78, 5) is 15.8. The van der Waals surface area contributed by atoms with E-state index in [2.05, 4.69) is 127 Å². The second-order valence-corrected chi connectivity index (χ2v) is 11.1. The fourth-order valence-corrected chi connectivity index (χ4v) is 6.56. The number of amides is 1. The first kappa shape index (κ1) is 27.7. The quantitative estimate of drug-likeness (QED) is 0.122. The molecule has 2 atom stereocenters. The number of allylic oxidation sites excluding steroid dienone is 1. The smallest absolute Gasteiger partial charge is 0.226 e. The third kappa shape index (κ3) is 5.41. The van der Waals surface area contributed by atoms with E-state index >= 15 is 0 Å². The number of benzene rings is 5. The van der Waals surface area contributed by atoms with Crippen molar-refractivity contribution in [2.75, 3.05) is 13.2 Å². The lowest BCUT2D eigenvalue weighted by molar-refractivity contribution is -0.133. The minimum atomic E-state index is -0.815. The molecule has 5 aromatic carbocycles. The number of rotatable bonds is 11. The normalized spacial score (nSPS) is 17.0. The van der Waals surface area contributed by atoms with Crippen molar-refractivity contribution in [3.05, 3.63) is 168 Å². The summed E-state index contributed by atoms with van der Waals surface area (Å²) >= 11 is 0. The van der Waals surface area contributed by atoms with Crippen molar-refractivity contribution in [1.29, 1.82) is 0 Å². The summed E-state index contributed by atoms with van der Waals surface area (Å²) in [6.45, 7) is 5.02. The number of ether oxygens (including phenoxy) is 1. The highest BCUT2D eigenvalue weighted by molar-refractivity contribution is 5.86. The maximum Gasteiger partial charge on any atom is 0.226 e. The highest BCUT2D eigenvalue weighted by Crippen LogP contribution is 2.41. The summed E-state index contributed by atoms with van der Waals surface area (Å²) in [6, 6.07) is 46.2. The third-order valence-electron chi connectivity index (χ3n) is 8.62. The van der Waals surface area contributed by atoms with Crippen LogP contribution in [0, 0.1) is 5.92 Å². The lowest BCUT2D eigenvalue weighted by Crippen LogP contribution is -2.42. The fraction of sp³-hybridized carbons (Fsp3) is 0.205. The zero-order valence-corrected chi connectivity index (χ0v) is 23.9. The van der Waals surface area contributed by atoms with Gasteiger partial charge in [0.05, 0.1) is 12.6 Å². The minimum absolute atomic E-state index is 0.0343. The van der Waals surface area contributed by atoms with Gasteiger partial charge in [-0.05, 0) is 52.3 Å². The highest BCUT2D eigenvalue weighted by atomic mass is 16.5. The molecular formula is C39H37NO2. The van der Waals surface area contributed by atoms with E-state index in [-0.39, 0.29) is 17.9 Å². The van der Waals surface area contributed by atoms with Crippen LogP contribution in [0.25, 0.3) is 10.8 Å². The van der Waals surface area contributed by atoms with E-state index in [1.54, 1.807) is 0 Å². The van der Waals surface area contributed by atoms with Crippen molar-refractivity contribution in [2.45, 2.75) is 30.9 Å². The third-order valence-corrected chi connectivity index (χ3v) is 8.62. The molecule has 0 radical (unpaired) electrons. The van der Waals surface area contributed by atoms with Crippen molar-refractivity contribution < 1.29 is 9.53 Å². The summed E-state index contributed by atoms with van der Waals surface area (Å²) in [5.74, 6) is 0.136. The van der Waals surface area contributed by atoms with Crippen LogP contribution >= 0.6 is 0 Å². The number of hydrogen-bond acceptors (Lipinski definition) is 2. The van der Waals surface area contributed by atoms with Gasteiger partial charge < -0.3 is 9.64 Å². The first-order valence-electron chi connectivity index (χ1n) is 14.9. The molecule has 210 valence electrons. The van der Waals surface area contributed by atoms with Gasteiger partial charge in [0.1, 0.15) is 5.60 Å². The average molecular weight is 552 g/mol. The molecule has 42 heavy (non-hydrogen) atoms. The minimum Gasteiger partial charge on any atom is -0.359 e. The first-order chi connectivity index (χ1) is 20.7. The summed E-state index contributed by atoms with van der Waals surface area (Å²) in [5.41, 5.74) is 3.65. The van der Waals surface area contributed by atoms with Crippen molar-refractivity contribution >= 4 is 16.7 Å². The van der Waals surface area contributed by atoms with E-state index in [9.17, 15) is 4.79 Å². The number of nitrogens with zero attached hydrogens (tertiary/aromatic N) is 1. The molecule has 0 aliphatic carbocycles. The fourth-order valence-electron chi connectivity index (χ4n) is 6.56. The zero-order chi connectivity index (χ0) is 28.8. The molecule has 0 spiro atoms. The second-order valence-electron chi connectivity index (χ2n) is 11.1. The van der Waals surface area contributed by atoms with Crippen LogP contribution < -0.4 is 0 Å². The highest BCUT2D eigenvalue weighted by Gasteiger charge is 2.42. The van der Waals surface area contributed by atoms with Gasteiger partial charge in [-0.1, -0.05) is 140 Å². The van der Waals surface area contributed by atoms with Crippen molar-refractivity contribution in [3.63, 3.8) is 0 Å². The molecule has 0 unspecified atom stereocenters. The lowest BCUT2D eigenvalue weighted by Gasteiger charge is -2.38. The molecule has 3 heteroatoms. The molecule has 1 fully saturated rings. The molecule has 1 heterocycles. The number of likely N-dealkylation sites (tertiary alicyclic amines) is 1. The second kappa shape index (κ2) is 12.6. The van der Waals surface area contributed by atoms with Crippen molar-refractivity contribution in [1.82, 2.24) is 4.90 Å². The molecule has 3 nitrogen and oxygen atoms in total. The van der Waals surface area contributed by atoms with E-state index in [0.717, 1.165) is 29.5 Å². The molecule has 5 aromatic rings. The van der Waals surface area contributed by atoms with Crippen LogP contribution in [0.5, 0.6) is 0 Å². The van der Waals surface area contributed by atoms with Gasteiger partial charge in [0.15, 0.2) is 0 Å². The maximum absolute atomic E-state index is 13.7. The SMILES string of the molecule is C=CC[C@H]1C[C@@H](COC(c2ccccc2)(c2ccccc2)c2ccccc2)N(CCc2cccc3ccccc23)C1=O. The molecule has 1 aliphatic heterocycles. The topological polar surface area (TPSA) is 29.5 Å². The van der Waals surface area contributed by atoms with Gasteiger partial charge >= 0.3 is 0 Å². The van der Waals surface area contributed by atoms with Crippen LogP contribution in [0.1, 0.15) is 35.1 Å². The molecule has 1 saturated heterocycles. The van der Waals surface area contributed by atoms with E-state index < -0.39 is 5.60 Å². The van der Waals surface area contributed by atoms with Crippen LogP contribution in [-0.2, 0) is 21.6 Å². The van der Waals surface area contributed by atoms with E-state index in [4.69, 9.17) is 4.74 Å². The maximum atomic E-state index is 13.7. The van der Waals surface area contributed by atoms with Crippen LogP contribution in [0.2, 0.25) is 0 Å². The Kier molecular flexibility index (Phi) is 8.30. The van der Waals surface area contributed by atoms with E-state index in [1.807, 2.05) is 24.3 Å². The van der Waals surface area contributed by atoms with Gasteiger partial charge in [-0.3, -0.25) is 4.79 Å². The number of carbonyl (C=O) groups excluding carboxylic acids is 1. The Morgan fingerprint density at radius 1 is 0.738 bits per heavy atom. The molecule has 0 bridgehead atoms. The lowest BCUT2D eigenvalue weighted by atomic mass is 9.80. The molecule has 1 amide bonds. The molecule has 0 saturated carbocycles. The Morgan fingerprint density at radius 3 is 1.88 bits per heavy atom. The van der Waals surface area contributed by atoms with Gasteiger partial charge in [-0.25, -0.2) is 0 Å². The molecule has 0 N–H and O–H groups in total. The summed E-state index contributed by atoms with van der Waals surface area (Å²) < 4.78 is 7.18. The van der Waals surface area contributed by atoms with E-state index in [0.29, 0.717) is 19.6 Å². The average Bonchev–Trinajstić information content (AvgIpc) is 3.35. The Morgan fingerprint density at radius 2 is 1.29 bits per heavy atom. The van der Waals surface area contributed by atoms with Gasteiger partial charge in [0.2, 0.25) is 5.91 Å². The van der Waals surface area contributed by atoms with Crippen molar-refractivity contribution in [3.8, 4) is 0 Å². The largest absolute Gasteiger partial charge is 0.359 e. The molecule has 1 aliphatic rings. The molecule has 0 aromatic heterocycles. The number of carbonyl (C=O) groups is 1. The van der Waals surface area contributed by atoms with E-state index in [1.165, 1.54) is 16.3 Å². The van der Waals surface area contributed by atoms with Gasteiger partial charge in [-0.2, -0.15) is 0 Å². The number of hydrogen-bond donors (Lipinski definition) is 0. The van der Waals surface area contributed by atoms with Crippen molar-refractivity contribution in [2.24, 2.45) is 5.92 Å². The number of fused-ring (bicyclic) bond motifs is 1. The predicted molar refractivity (Wildman–Crippen MR) is 171 cm³/mol. The molecule has 6 rings (SSSR count). The van der Waals surface area contributed by atoms with Crippen LogP contribution in [0.4, 0.5) is 0 Å². The summed E-state index contributed by atoms with van der Waals surface area (Å²) in [6.07, 6.45) is 4.11. The Hall–Kier alpha value is -4.47. The van der Waals surface area contributed by atoms with Crippen LogP contribution in [-0.4, -0.2) is 30.0 Å². The monoisotopic (exact) mass is 551 g/mol. The Labute approximate surface area is 249 Å². The van der Waals surface area contributed by atoms with Gasteiger partial charge in [-0.15, -0.1) is 6.58 Å². The standard InChI is InChI=1S/C39H37NO2/c1-2-15-32-28-36(40(38(32)41)27-26-31-18-14-17-30-16-12-13-25-37(30)31)29-42-39(33-19-6-3-7-20-33,34-21-8-4-9-22-34)35-23-10-5-11-24-35/h2-14,16-25,32,36H,1,15,26-29H2/t32-,36-/m0/s1. The van der Waals surface area contributed by atoms with Crippen LogP contribution in [0.15, 0.2) is 146 Å². The Bertz CT molecular complexity index is 1530. The summed E-state index contributed by atoms with van der Waals surface area (Å²) in [7, 11) is 0. The van der Waals surface area contributed by atoms with Crippen LogP contribution in [0.3, 0.4) is 0 Å². The summed E-state index contributed by atoms with van der Waals surface area (Å²) in [5, 5.41) is 2.48. The Balaban J connectivity index is 1.34. The first-order valence-corrected chi connectivity index (χ1v) is 14.9. The van der Waals surface area contributed by atoms with Gasteiger partial charge in [0.25, 0.3) is 0 Å². The van der Waals surface area contributed by atoms with Gasteiger partial charge in [0, 0.05) is 12.5 Å². The molecular weight excluding hydrogens is 514 g/mol.